The van der Waals surface area contributed by atoms with Gasteiger partial charge in [-0.1, -0.05) is 33.8 Å². The first-order valence-electron chi connectivity index (χ1n) is 14.2. The lowest BCUT2D eigenvalue weighted by molar-refractivity contribution is -0.384. The summed E-state index contributed by atoms with van der Waals surface area (Å²) in [5.74, 6) is 1.33. The van der Waals surface area contributed by atoms with E-state index in [9.17, 15) is 10.1 Å². The fourth-order valence-corrected chi connectivity index (χ4v) is 4.65. The molecule has 0 atom stereocenters. The largest absolute Gasteiger partial charge is 0.462 e. The number of ether oxygens (including phenoxy) is 2. The number of nitrogens with one attached hydrogen (secondary N) is 1. The van der Waals surface area contributed by atoms with Gasteiger partial charge in [0.05, 0.1) is 23.8 Å². The molecule has 2 heterocycles. The summed E-state index contributed by atoms with van der Waals surface area (Å²) in [7, 11) is 0. The zero-order chi connectivity index (χ0) is 28.0. The van der Waals surface area contributed by atoms with Gasteiger partial charge in [-0.25, -0.2) is 0 Å². The van der Waals surface area contributed by atoms with Crippen LogP contribution in [0.2, 0.25) is 0 Å². The third-order valence-corrected chi connectivity index (χ3v) is 6.53. The minimum atomic E-state index is -0.368. The molecular formula is C28H43N7O4. The van der Waals surface area contributed by atoms with Crippen molar-refractivity contribution in [2.75, 3.05) is 62.9 Å². The smallest absolute Gasteiger partial charge is 0.320 e. The van der Waals surface area contributed by atoms with Gasteiger partial charge in [0.25, 0.3) is 5.69 Å². The van der Waals surface area contributed by atoms with Gasteiger partial charge in [-0.2, -0.15) is 15.1 Å². The summed E-state index contributed by atoms with van der Waals surface area (Å²) in [6.45, 7) is 14.6. The Morgan fingerprint density at radius 3 is 2.56 bits per heavy atom. The van der Waals surface area contributed by atoms with E-state index in [2.05, 4.69) is 39.2 Å². The maximum absolute atomic E-state index is 11.3. The molecule has 1 aliphatic carbocycles. The van der Waals surface area contributed by atoms with Crippen molar-refractivity contribution in [2.24, 2.45) is 5.10 Å². The highest BCUT2D eigenvalue weighted by atomic mass is 16.6. The summed E-state index contributed by atoms with van der Waals surface area (Å²) < 4.78 is 11.4. The molecule has 2 aliphatic rings. The molecule has 1 aliphatic heterocycles. The third kappa shape index (κ3) is 8.86. The number of hydrogen-bond donors (Lipinski definition) is 1. The van der Waals surface area contributed by atoms with Gasteiger partial charge in [-0.05, 0) is 37.7 Å². The lowest BCUT2D eigenvalue weighted by Gasteiger charge is -2.26. The molecule has 0 bridgehead atoms. The van der Waals surface area contributed by atoms with Gasteiger partial charge < -0.3 is 14.4 Å². The van der Waals surface area contributed by atoms with Crippen LogP contribution in [-0.2, 0) is 11.2 Å². The first kappa shape index (κ1) is 30.2. The van der Waals surface area contributed by atoms with Crippen molar-refractivity contribution >= 4 is 23.0 Å². The molecule has 39 heavy (non-hydrogen) atoms. The lowest BCUT2D eigenvalue weighted by atomic mass is 9.90. The zero-order valence-corrected chi connectivity index (χ0v) is 23.8. The molecule has 0 saturated carbocycles. The van der Waals surface area contributed by atoms with Crippen molar-refractivity contribution in [1.29, 1.82) is 0 Å². The molecule has 4 rings (SSSR count). The van der Waals surface area contributed by atoms with E-state index in [4.69, 9.17) is 14.5 Å². The second-order valence-electron chi connectivity index (χ2n) is 9.31. The Labute approximate surface area is 231 Å². The average Bonchev–Trinajstić information content (AvgIpc) is 2.97. The monoisotopic (exact) mass is 541 g/mol. The van der Waals surface area contributed by atoms with Crippen LogP contribution in [0, 0.1) is 10.1 Å². The average molecular weight is 542 g/mol. The van der Waals surface area contributed by atoms with Crippen LogP contribution >= 0.6 is 0 Å². The molecule has 0 amide bonds. The number of hydrazone groups is 1. The first-order chi connectivity index (χ1) is 19.1. The van der Waals surface area contributed by atoms with E-state index >= 15 is 0 Å². The van der Waals surface area contributed by atoms with Crippen molar-refractivity contribution in [3.63, 3.8) is 0 Å². The van der Waals surface area contributed by atoms with E-state index in [0.29, 0.717) is 18.4 Å². The van der Waals surface area contributed by atoms with Crippen molar-refractivity contribution < 1.29 is 14.4 Å². The van der Waals surface area contributed by atoms with Crippen LogP contribution < -0.4 is 15.1 Å². The van der Waals surface area contributed by atoms with Crippen LogP contribution in [-0.4, -0.2) is 78.0 Å². The molecule has 11 heteroatoms. The summed E-state index contributed by atoms with van der Waals surface area (Å²) in [6, 6.07) is 7.21. The van der Waals surface area contributed by atoms with Gasteiger partial charge in [-0.3, -0.25) is 20.4 Å². The van der Waals surface area contributed by atoms with Gasteiger partial charge in [-0.15, -0.1) is 0 Å². The van der Waals surface area contributed by atoms with Gasteiger partial charge >= 0.3 is 6.01 Å². The van der Waals surface area contributed by atoms with E-state index in [1.165, 1.54) is 0 Å². The highest BCUT2D eigenvalue weighted by Crippen LogP contribution is 2.27. The number of anilines is 2. The number of benzene rings is 1. The Morgan fingerprint density at radius 1 is 1.13 bits per heavy atom. The predicted molar refractivity (Wildman–Crippen MR) is 155 cm³/mol. The van der Waals surface area contributed by atoms with Gasteiger partial charge in [0.1, 0.15) is 12.4 Å². The van der Waals surface area contributed by atoms with Crippen LogP contribution in [0.25, 0.3) is 0 Å². The normalized spacial score (nSPS) is 16.2. The SMILES string of the molecule is CC.CCCN(CCC)c1cc(N/N=C2\CCCc3ccc([N+](=O)[O-])cc32)nc(OCCN2CCOCC2)n1. The van der Waals surface area contributed by atoms with Crippen molar-refractivity contribution in [1.82, 2.24) is 14.9 Å². The van der Waals surface area contributed by atoms with Gasteiger partial charge in [0.2, 0.25) is 0 Å². The summed E-state index contributed by atoms with van der Waals surface area (Å²) in [6.07, 6.45) is 4.56. The number of aromatic nitrogens is 2. The number of hydrogen-bond acceptors (Lipinski definition) is 10. The number of non-ortho nitro benzene ring substituents is 1. The van der Waals surface area contributed by atoms with E-state index in [-0.39, 0.29) is 10.6 Å². The molecular weight excluding hydrogens is 498 g/mol. The van der Waals surface area contributed by atoms with Crippen molar-refractivity contribution in [2.45, 2.75) is 59.8 Å². The Kier molecular flexibility index (Phi) is 12.4. The van der Waals surface area contributed by atoms with Crippen molar-refractivity contribution in [3.8, 4) is 6.01 Å². The summed E-state index contributed by atoms with van der Waals surface area (Å²) in [4.78, 5) is 24.8. The van der Waals surface area contributed by atoms with Crippen LogP contribution in [0.1, 0.15) is 64.5 Å². The lowest BCUT2D eigenvalue weighted by Crippen LogP contribution is -2.38. The molecule has 0 radical (unpaired) electrons. The number of fused-ring (bicyclic) bond motifs is 1. The van der Waals surface area contributed by atoms with Gasteiger partial charge in [0, 0.05) is 56.5 Å². The minimum absolute atomic E-state index is 0.0726. The van der Waals surface area contributed by atoms with E-state index in [0.717, 1.165) is 101 Å². The molecule has 1 aromatic heterocycles. The van der Waals surface area contributed by atoms with Gasteiger partial charge in [0.15, 0.2) is 5.82 Å². The summed E-state index contributed by atoms with van der Waals surface area (Å²) in [5.41, 5.74) is 5.86. The van der Waals surface area contributed by atoms with E-state index in [1.54, 1.807) is 12.1 Å². The fourth-order valence-electron chi connectivity index (χ4n) is 4.65. The van der Waals surface area contributed by atoms with E-state index in [1.807, 2.05) is 26.0 Å². The minimum Gasteiger partial charge on any atom is -0.462 e. The zero-order valence-electron chi connectivity index (χ0n) is 23.8. The molecule has 1 N–H and O–H groups in total. The van der Waals surface area contributed by atoms with Crippen LogP contribution in [0.3, 0.4) is 0 Å². The highest BCUT2D eigenvalue weighted by Gasteiger charge is 2.20. The number of rotatable bonds is 12. The standard InChI is InChI=1S/C26H37N7O4.C2H6/c1-3-10-32(11-4-2)25-19-24(27-26(28-25)37-17-14-31-12-15-36-16-13-31)30-29-23-7-5-6-20-8-9-21(33(34)35)18-22(20)23;1-2/h8-9,18-19H,3-7,10-17H2,1-2H3,(H,27,28,30);1-2H3/b29-23+;. The second-order valence-corrected chi connectivity index (χ2v) is 9.31. The van der Waals surface area contributed by atoms with Crippen LogP contribution in [0.15, 0.2) is 29.4 Å². The fraction of sp³-hybridized carbons (Fsp3) is 0.607. The highest BCUT2D eigenvalue weighted by molar-refractivity contribution is 6.03. The Hall–Kier alpha value is -3.31. The third-order valence-electron chi connectivity index (χ3n) is 6.53. The molecule has 1 saturated heterocycles. The first-order valence-corrected chi connectivity index (χ1v) is 14.2. The predicted octanol–water partition coefficient (Wildman–Crippen LogP) is 4.90. The number of nitro benzene ring substituents is 1. The molecule has 2 aromatic rings. The topological polar surface area (TPSA) is 118 Å². The van der Waals surface area contributed by atoms with E-state index < -0.39 is 0 Å². The molecule has 214 valence electrons. The van der Waals surface area contributed by atoms with Crippen LogP contribution in [0.5, 0.6) is 6.01 Å². The summed E-state index contributed by atoms with van der Waals surface area (Å²) >= 11 is 0. The Balaban J connectivity index is 0.00000205. The number of morpholine rings is 1. The molecule has 0 unspecified atom stereocenters. The molecule has 1 fully saturated rings. The number of aryl methyl sites for hydroxylation is 1. The number of nitrogens with zero attached hydrogens (tertiary/aromatic N) is 6. The van der Waals surface area contributed by atoms with Crippen molar-refractivity contribution in [3.05, 3.63) is 45.5 Å². The summed E-state index contributed by atoms with van der Waals surface area (Å²) in [5, 5.41) is 16.0. The Morgan fingerprint density at radius 2 is 1.87 bits per heavy atom. The maximum atomic E-state index is 11.3. The Bertz CT molecular complexity index is 1080. The molecule has 0 spiro atoms. The molecule has 11 nitrogen and oxygen atoms in total. The quantitative estimate of drug-likeness (QED) is 0.296. The number of nitro groups is 1. The van der Waals surface area contributed by atoms with Crippen LogP contribution in [0.4, 0.5) is 17.3 Å². The maximum Gasteiger partial charge on any atom is 0.320 e. The second kappa shape index (κ2) is 15.9. The molecule has 1 aromatic carbocycles.